The van der Waals surface area contributed by atoms with Gasteiger partial charge in [-0.2, -0.15) is 0 Å². The lowest BCUT2D eigenvalue weighted by Crippen LogP contribution is -2.27. The van der Waals surface area contributed by atoms with Gasteiger partial charge < -0.3 is 30.0 Å². The van der Waals surface area contributed by atoms with E-state index in [0.29, 0.717) is 52.0 Å². The van der Waals surface area contributed by atoms with Crippen molar-refractivity contribution in [1.82, 2.24) is 10.6 Å². The Morgan fingerprint density at radius 3 is 1.55 bits per heavy atom. The molecule has 0 fully saturated rings. The molecule has 0 spiro atoms. The number of amides is 2. The summed E-state index contributed by atoms with van der Waals surface area (Å²) in [5.41, 5.74) is 2.90. The van der Waals surface area contributed by atoms with Crippen LogP contribution in [0.2, 0.25) is 0 Å². The molecule has 0 saturated carbocycles. The number of unbranched alkanes of at least 4 members (excludes halogenated alkanes) is 7. The van der Waals surface area contributed by atoms with Crippen LogP contribution in [0.5, 0.6) is 0 Å². The molecule has 0 aromatic heterocycles. The van der Waals surface area contributed by atoms with E-state index in [9.17, 15) is 14.4 Å². The third kappa shape index (κ3) is 27.0. The number of allylic oxidation sites excluding steroid dienone is 4. The molecule has 0 saturated heterocycles. The molecule has 220 valence electrons. The van der Waals surface area contributed by atoms with E-state index in [0.717, 1.165) is 64.2 Å². The smallest absolute Gasteiger partial charge is 0.220 e. The van der Waals surface area contributed by atoms with Gasteiger partial charge in [0.05, 0.1) is 26.4 Å². The molecule has 0 rings (SSSR count). The van der Waals surface area contributed by atoms with Gasteiger partial charge in [0.2, 0.25) is 11.8 Å². The van der Waals surface area contributed by atoms with Crippen LogP contribution >= 0.6 is 0 Å². The van der Waals surface area contributed by atoms with Gasteiger partial charge in [0.15, 0.2) is 0 Å². The molecule has 0 aliphatic rings. The molecule has 0 unspecified atom stereocenters. The van der Waals surface area contributed by atoms with E-state index < -0.39 is 0 Å². The van der Waals surface area contributed by atoms with Crippen molar-refractivity contribution in [2.75, 3.05) is 46.1 Å². The number of aliphatic hydroxyl groups is 1. The van der Waals surface area contributed by atoms with Crippen molar-refractivity contribution < 1.29 is 29.0 Å². The van der Waals surface area contributed by atoms with E-state index in [4.69, 9.17) is 14.6 Å². The summed E-state index contributed by atoms with van der Waals surface area (Å²) in [4.78, 5) is 33.6. The second-order valence-corrected chi connectivity index (χ2v) is 9.78. The molecule has 2 amide bonds. The van der Waals surface area contributed by atoms with Gasteiger partial charge in [-0.25, -0.2) is 0 Å². The van der Waals surface area contributed by atoms with Gasteiger partial charge in [-0.15, -0.1) is 0 Å². The minimum absolute atomic E-state index is 0.0102. The number of rotatable bonds is 27. The summed E-state index contributed by atoms with van der Waals surface area (Å²) >= 11 is 0. The topological polar surface area (TPSA) is 114 Å². The zero-order chi connectivity index (χ0) is 28.1. The monoisotopic (exact) mass is 538 g/mol. The molecule has 0 bridgehead atoms. The van der Waals surface area contributed by atoms with Crippen molar-refractivity contribution in [1.29, 1.82) is 0 Å². The Labute approximate surface area is 231 Å². The molecule has 0 aliphatic heterocycles. The van der Waals surface area contributed by atoms with E-state index in [2.05, 4.69) is 36.6 Å². The van der Waals surface area contributed by atoms with Gasteiger partial charge in [-0.05, 0) is 65.2 Å². The number of hydrogen-bond donors (Lipinski definition) is 3. The predicted octanol–water partition coefficient (Wildman–Crippen LogP) is 4.80. The van der Waals surface area contributed by atoms with Gasteiger partial charge in [0, 0.05) is 25.9 Å². The third-order valence-corrected chi connectivity index (χ3v) is 6.16. The molecule has 0 atom stereocenters. The number of nitrogens with one attached hydrogen (secondary N) is 2. The molecule has 0 heterocycles. The van der Waals surface area contributed by atoms with E-state index in [1.165, 1.54) is 24.0 Å². The van der Waals surface area contributed by atoms with Crippen molar-refractivity contribution in [3.05, 3.63) is 23.3 Å². The standard InChI is InChI=1S/C30H54N2O6/c1-27(13-7-3-5-9-17-29(35)31-19-23-37-25-21-33)15-11-12-16-28(2)14-8-4-6-10-18-30(36)32-20-24-38-26-22-34/h15-16,21,34H,3-14,17-20,22-26H2,1-2H3,(H,31,35)(H,32,36). The van der Waals surface area contributed by atoms with E-state index >= 15 is 0 Å². The fourth-order valence-electron chi connectivity index (χ4n) is 3.95. The van der Waals surface area contributed by atoms with Crippen molar-refractivity contribution in [2.45, 2.75) is 104 Å². The number of aliphatic hydroxyl groups excluding tert-OH is 1. The van der Waals surface area contributed by atoms with Gasteiger partial charge in [-0.1, -0.05) is 49.0 Å². The highest BCUT2D eigenvalue weighted by Gasteiger charge is 2.02. The van der Waals surface area contributed by atoms with Crippen LogP contribution in [0.25, 0.3) is 0 Å². The lowest BCUT2D eigenvalue weighted by atomic mass is 10.0. The molecule has 3 N–H and O–H groups in total. The number of ether oxygens (including phenoxy) is 2. The van der Waals surface area contributed by atoms with Crippen LogP contribution in [-0.2, 0) is 23.9 Å². The fourth-order valence-corrected chi connectivity index (χ4v) is 3.95. The quantitative estimate of drug-likeness (QED) is 0.0787. The maximum Gasteiger partial charge on any atom is 0.220 e. The zero-order valence-corrected chi connectivity index (χ0v) is 24.1. The molecule has 0 aliphatic carbocycles. The minimum Gasteiger partial charge on any atom is -0.394 e. The second kappa shape index (κ2) is 28.0. The van der Waals surface area contributed by atoms with Gasteiger partial charge >= 0.3 is 0 Å². The third-order valence-electron chi connectivity index (χ3n) is 6.16. The van der Waals surface area contributed by atoms with Crippen molar-refractivity contribution in [3.8, 4) is 0 Å². The number of aldehydes is 1. The summed E-state index contributed by atoms with van der Waals surface area (Å²) in [6, 6.07) is 0. The summed E-state index contributed by atoms with van der Waals surface area (Å²) < 4.78 is 10.1. The SMILES string of the molecule is CC(=CCCC=C(C)CCCCCCC(=O)NCCOCCO)CCCCCCC(=O)NCCOCC=O. The highest BCUT2D eigenvalue weighted by molar-refractivity contribution is 5.76. The van der Waals surface area contributed by atoms with Crippen LogP contribution in [0.4, 0.5) is 0 Å². The van der Waals surface area contributed by atoms with Gasteiger partial charge in [0.1, 0.15) is 12.9 Å². The Morgan fingerprint density at radius 2 is 1.11 bits per heavy atom. The largest absolute Gasteiger partial charge is 0.394 e. The molecule has 8 heteroatoms. The van der Waals surface area contributed by atoms with Gasteiger partial charge in [0.25, 0.3) is 0 Å². The van der Waals surface area contributed by atoms with Crippen LogP contribution in [0.1, 0.15) is 104 Å². The molecular formula is C30H54N2O6. The Morgan fingerprint density at radius 1 is 0.658 bits per heavy atom. The van der Waals surface area contributed by atoms with E-state index in [1.807, 2.05) is 0 Å². The highest BCUT2D eigenvalue weighted by atomic mass is 16.5. The summed E-state index contributed by atoms with van der Waals surface area (Å²) in [6.07, 6.45) is 19.6. The van der Waals surface area contributed by atoms with Crippen molar-refractivity contribution in [2.24, 2.45) is 0 Å². The average Bonchev–Trinajstić information content (AvgIpc) is 2.90. The number of carbonyl (C=O) groups is 3. The predicted molar refractivity (Wildman–Crippen MR) is 153 cm³/mol. The fraction of sp³-hybridized carbons (Fsp3) is 0.767. The van der Waals surface area contributed by atoms with Gasteiger partial charge in [-0.3, -0.25) is 9.59 Å². The maximum absolute atomic E-state index is 11.7. The Kier molecular flexibility index (Phi) is 26.5. The first-order valence-corrected chi connectivity index (χ1v) is 14.5. The normalized spacial score (nSPS) is 12.0. The summed E-state index contributed by atoms with van der Waals surface area (Å²) in [5.74, 6) is 0.130. The molecular weight excluding hydrogens is 484 g/mol. The molecule has 8 nitrogen and oxygen atoms in total. The molecule has 38 heavy (non-hydrogen) atoms. The molecule has 0 aromatic rings. The first-order valence-electron chi connectivity index (χ1n) is 14.5. The van der Waals surface area contributed by atoms with Crippen LogP contribution in [0.15, 0.2) is 23.3 Å². The Balaban J connectivity index is 3.60. The lowest BCUT2D eigenvalue weighted by Gasteiger charge is -2.06. The van der Waals surface area contributed by atoms with Crippen molar-refractivity contribution in [3.63, 3.8) is 0 Å². The van der Waals surface area contributed by atoms with Crippen LogP contribution < -0.4 is 10.6 Å². The van der Waals surface area contributed by atoms with Crippen LogP contribution in [0.3, 0.4) is 0 Å². The molecule has 0 aromatic carbocycles. The first kappa shape index (κ1) is 36.0. The first-order chi connectivity index (χ1) is 18.5. The van der Waals surface area contributed by atoms with Crippen LogP contribution in [-0.4, -0.2) is 69.3 Å². The highest BCUT2D eigenvalue weighted by Crippen LogP contribution is 2.14. The number of carbonyl (C=O) groups excluding carboxylic acids is 3. The van der Waals surface area contributed by atoms with Crippen molar-refractivity contribution >= 4 is 18.1 Å². The van der Waals surface area contributed by atoms with E-state index in [1.54, 1.807) is 0 Å². The van der Waals surface area contributed by atoms with Crippen LogP contribution in [0, 0.1) is 0 Å². The minimum atomic E-state index is 0.0102. The van der Waals surface area contributed by atoms with E-state index in [-0.39, 0.29) is 25.0 Å². The summed E-state index contributed by atoms with van der Waals surface area (Å²) in [7, 11) is 0. The second-order valence-electron chi connectivity index (χ2n) is 9.78. The zero-order valence-electron chi connectivity index (χ0n) is 24.1. The maximum atomic E-state index is 11.7. The lowest BCUT2D eigenvalue weighted by molar-refractivity contribution is -0.122. The number of hydrogen-bond acceptors (Lipinski definition) is 6. The average molecular weight is 539 g/mol. The molecule has 0 radical (unpaired) electrons. The Bertz CT molecular complexity index is 663. The Hall–Kier alpha value is -2.03. The summed E-state index contributed by atoms with van der Waals surface area (Å²) in [5, 5.41) is 14.3. The summed E-state index contributed by atoms with van der Waals surface area (Å²) in [6.45, 7) is 6.61.